The number of ether oxygens (including phenoxy) is 2. The van der Waals surface area contributed by atoms with E-state index in [0.717, 1.165) is 61.4 Å². The number of anilines is 2. The fraction of sp³-hybridized carbons (Fsp3) is 0.478. The first-order valence-electron chi connectivity index (χ1n) is 11.2. The van der Waals surface area contributed by atoms with Crippen molar-refractivity contribution >= 4 is 22.7 Å². The highest BCUT2D eigenvalue weighted by Gasteiger charge is 2.27. The van der Waals surface area contributed by atoms with E-state index in [9.17, 15) is 5.11 Å². The molecule has 32 heavy (non-hydrogen) atoms. The third-order valence-electron chi connectivity index (χ3n) is 6.29. The van der Waals surface area contributed by atoms with E-state index in [1.807, 2.05) is 12.1 Å². The number of hydrogen-bond donors (Lipinski definition) is 1. The Balaban J connectivity index is 1.33. The molecule has 2 fully saturated rings. The van der Waals surface area contributed by atoms with Gasteiger partial charge in [-0.2, -0.15) is 4.98 Å². The van der Waals surface area contributed by atoms with Gasteiger partial charge in [-0.05, 0) is 37.8 Å². The second-order valence-electron chi connectivity index (χ2n) is 8.35. The number of hydrogen-bond acceptors (Lipinski definition) is 9. The molecule has 0 bridgehead atoms. The van der Waals surface area contributed by atoms with Crippen LogP contribution in [0.4, 0.5) is 11.8 Å². The van der Waals surface area contributed by atoms with Gasteiger partial charge in [0.1, 0.15) is 17.7 Å². The zero-order chi connectivity index (χ0) is 21.9. The molecule has 1 aliphatic carbocycles. The van der Waals surface area contributed by atoms with Gasteiger partial charge in [-0.15, -0.1) is 0 Å². The predicted octanol–water partition coefficient (Wildman–Crippen LogP) is 2.79. The number of aromatic nitrogens is 4. The van der Waals surface area contributed by atoms with Crippen molar-refractivity contribution in [1.29, 1.82) is 0 Å². The van der Waals surface area contributed by atoms with Crippen LogP contribution in [0.1, 0.15) is 25.7 Å². The number of pyridine rings is 2. The summed E-state index contributed by atoms with van der Waals surface area (Å²) >= 11 is 0. The van der Waals surface area contributed by atoms with Crippen molar-refractivity contribution in [3.8, 4) is 11.6 Å². The zero-order valence-electron chi connectivity index (χ0n) is 18.2. The molecule has 0 atom stereocenters. The molecule has 3 aromatic rings. The minimum atomic E-state index is 0.0642. The van der Waals surface area contributed by atoms with Crippen molar-refractivity contribution in [2.24, 2.45) is 0 Å². The quantitative estimate of drug-likeness (QED) is 0.647. The lowest BCUT2D eigenvalue weighted by Crippen LogP contribution is -2.39. The highest BCUT2D eigenvalue weighted by atomic mass is 16.5. The van der Waals surface area contributed by atoms with Crippen LogP contribution >= 0.6 is 0 Å². The number of nitrogens with zero attached hydrogens (tertiary/aromatic N) is 6. The Hall–Kier alpha value is -3.20. The molecule has 1 saturated heterocycles. The normalized spacial score (nSPS) is 21.5. The highest BCUT2D eigenvalue weighted by Crippen LogP contribution is 2.33. The maximum atomic E-state index is 9.99. The third-order valence-corrected chi connectivity index (χ3v) is 6.29. The van der Waals surface area contributed by atoms with Gasteiger partial charge in [0.25, 0.3) is 0 Å². The first-order chi connectivity index (χ1) is 15.7. The summed E-state index contributed by atoms with van der Waals surface area (Å²) in [6, 6.07) is 5.85. The smallest absolute Gasteiger partial charge is 0.225 e. The molecule has 1 N–H and O–H groups in total. The summed E-state index contributed by atoms with van der Waals surface area (Å²) in [5.74, 6) is 2.24. The van der Waals surface area contributed by atoms with Crippen LogP contribution in [-0.4, -0.2) is 70.5 Å². The van der Waals surface area contributed by atoms with Gasteiger partial charge in [0, 0.05) is 44.6 Å². The predicted molar refractivity (Wildman–Crippen MR) is 121 cm³/mol. The van der Waals surface area contributed by atoms with Crippen molar-refractivity contribution in [2.75, 3.05) is 43.2 Å². The summed E-state index contributed by atoms with van der Waals surface area (Å²) < 4.78 is 11.9. The summed E-state index contributed by atoms with van der Waals surface area (Å²) in [4.78, 5) is 22.3. The van der Waals surface area contributed by atoms with Crippen LogP contribution in [0.2, 0.25) is 0 Å². The van der Waals surface area contributed by atoms with E-state index in [4.69, 9.17) is 14.5 Å². The van der Waals surface area contributed by atoms with Crippen molar-refractivity contribution in [3.63, 3.8) is 0 Å². The minimum Gasteiger partial charge on any atom is -0.506 e. The lowest BCUT2D eigenvalue weighted by molar-refractivity contribution is 0.122. The van der Waals surface area contributed by atoms with Crippen LogP contribution in [-0.2, 0) is 4.74 Å². The summed E-state index contributed by atoms with van der Waals surface area (Å²) in [6.45, 7) is 2.94. The molecular formula is C23H28N6O3. The van der Waals surface area contributed by atoms with Crippen molar-refractivity contribution in [1.82, 2.24) is 19.9 Å². The lowest BCUT2D eigenvalue weighted by atomic mass is 9.92. The molecule has 4 heterocycles. The van der Waals surface area contributed by atoms with Gasteiger partial charge in [-0.3, -0.25) is 4.98 Å². The van der Waals surface area contributed by atoms with Gasteiger partial charge in [-0.25, -0.2) is 9.97 Å². The second kappa shape index (κ2) is 9.12. The van der Waals surface area contributed by atoms with E-state index in [-0.39, 0.29) is 11.9 Å². The average Bonchev–Trinajstić information content (AvgIpc) is 2.85. The molecule has 9 heteroatoms. The Morgan fingerprint density at radius 3 is 2.56 bits per heavy atom. The first-order valence-corrected chi connectivity index (χ1v) is 11.2. The SMILES string of the molecule is CN(c1ncccn1)C1CCC(Oc2nc(N3CCOCC3)cc3ncc(O)cc23)CC1. The van der Waals surface area contributed by atoms with Crippen LogP contribution in [0.15, 0.2) is 36.8 Å². The van der Waals surface area contributed by atoms with E-state index >= 15 is 0 Å². The van der Waals surface area contributed by atoms with Gasteiger partial charge < -0.3 is 24.4 Å². The Morgan fingerprint density at radius 2 is 1.81 bits per heavy atom. The summed E-state index contributed by atoms with van der Waals surface area (Å²) in [7, 11) is 2.05. The van der Waals surface area contributed by atoms with Crippen molar-refractivity contribution in [3.05, 3.63) is 36.8 Å². The minimum absolute atomic E-state index is 0.0642. The van der Waals surface area contributed by atoms with Gasteiger partial charge >= 0.3 is 0 Å². The van der Waals surface area contributed by atoms with Crippen LogP contribution in [0.5, 0.6) is 11.6 Å². The fourth-order valence-corrected chi connectivity index (χ4v) is 4.46. The van der Waals surface area contributed by atoms with Gasteiger partial charge in [-0.1, -0.05) is 0 Å². The molecule has 0 radical (unpaired) electrons. The van der Waals surface area contributed by atoms with E-state index in [1.165, 1.54) is 6.20 Å². The zero-order valence-corrected chi connectivity index (χ0v) is 18.2. The number of fused-ring (bicyclic) bond motifs is 1. The topological polar surface area (TPSA) is 96.7 Å². The molecule has 2 aliphatic rings. The average molecular weight is 437 g/mol. The van der Waals surface area contributed by atoms with Crippen LogP contribution in [0.25, 0.3) is 10.9 Å². The molecule has 1 saturated carbocycles. The first kappa shape index (κ1) is 20.7. The standard InChI is InChI=1S/C23H28N6O3/c1-28(23-24-7-2-8-25-23)16-3-5-18(6-4-16)32-22-19-13-17(30)15-26-20(19)14-21(27-22)29-9-11-31-12-10-29/h2,7-8,13-16,18,30H,3-6,9-12H2,1H3. The third kappa shape index (κ3) is 4.38. The largest absolute Gasteiger partial charge is 0.506 e. The van der Waals surface area contributed by atoms with Crippen molar-refractivity contribution in [2.45, 2.75) is 37.8 Å². The molecular weight excluding hydrogens is 408 g/mol. The molecule has 168 valence electrons. The fourth-order valence-electron chi connectivity index (χ4n) is 4.46. The molecule has 3 aromatic heterocycles. The monoisotopic (exact) mass is 436 g/mol. The Kier molecular flexibility index (Phi) is 5.89. The molecule has 0 spiro atoms. The van der Waals surface area contributed by atoms with E-state index in [1.54, 1.807) is 18.5 Å². The molecule has 5 rings (SSSR count). The van der Waals surface area contributed by atoms with Gasteiger partial charge in [0.05, 0.1) is 30.3 Å². The van der Waals surface area contributed by atoms with Crippen LogP contribution < -0.4 is 14.5 Å². The lowest BCUT2D eigenvalue weighted by Gasteiger charge is -2.34. The molecule has 9 nitrogen and oxygen atoms in total. The number of rotatable bonds is 5. The Morgan fingerprint density at radius 1 is 1.06 bits per heavy atom. The maximum absolute atomic E-state index is 9.99. The highest BCUT2D eigenvalue weighted by molar-refractivity contribution is 5.86. The van der Waals surface area contributed by atoms with E-state index < -0.39 is 0 Å². The van der Waals surface area contributed by atoms with Crippen molar-refractivity contribution < 1.29 is 14.6 Å². The van der Waals surface area contributed by atoms with Gasteiger partial charge in [0.2, 0.25) is 11.8 Å². The molecule has 0 amide bonds. The number of aromatic hydroxyl groups is 1. The Labute approximate surface area is 187 Å². The Bertz CT molecular complexity index is 1050. The molecule has 0 aromatic carbocycles. The van der Waals surface area contributed by atoms with E-state index in [2.05, 4.69) is 31.8 Å². The number of morpholine rings is 1. The summed E-state index contributed by atoms with van der Waals surface area (Å²) in [5, 5.41) is 10.7. The summed E-state index contributed by atoms with van der Waals surface area (Å²) in [5.41, 5.74) is 0.768. The molecule has 1 aliphatic heterocycles. The molecule has 0 unspecified atom stereocenters. The van der Waals surface area contributed by atoms with Gasteiger partial charge in [0.15, 0.2) is 0 Å². The second-order valence-corrected chi connectivity index (χ2v) is 8.35. The van der Waals surface area contributed by atoms with Crippen LogP contribution in [0, 0.1) is 0 Å². The van der Waals surface area contributed by atoms with Crippen LogP contribution in [0.3, 0.4) is 0 Å². The maximum Gasteiger partial charge on any atom is 0.225 e. The van der Waals surface area contributed by atoms with E-state index in [0.29, 0.717) is 25.1 Å². The summed E-state index contributed by atoms with van der Waals surface area (Å²) in [6.07, 6.45) is 8.88.